The van der Waals surface area contributed by atoms with E-state index in [9.17, 15) is 13.2 Å². The van der Waals surface area contributed by atoms with E-state index in [1.807, 2.05) is 0 Å². The van der Waals surface area contributed by atoms with Crippen LogP contribution in [0.25, 0.3) is 0 Å². The lowest BCUT2D eigenvalue weighted by Gasteiger charge is -2.17. The molecule has 0 aliphatic heterocycles. The molecule has 0 saturated heterocycles. The molecule has 5 heteroatoms. The maximum atomic E-state index is 12.2. The van der Waals surface area contributed by atoms with Crippen molar-refractivity contribution in [2.75, 3.05) is 0 Å². The maximum absolute atomic E-state index is 12.2. The molecule has 1 heterocycles. The van der Waals surface area contributed by atoms with Crippen molar-refractivity contribution >= 4 is 0 Å². The second kappa shape index (κ2) is 3.74. The van der Waals surface area contributed by atoms with Crippen LogP contribution >= 0.6 is 0 Å². The van der Waals surface area contributed by atoms with Gasteiger partial charge in [-0.1, -0.05) is 0 Å². The molecule has 1 aromatic rings. The van der Waals surface area contributed by atoms with Crippen LogP contribution in [0.2, 0.25) is 0 Å². The summed E-state index contributed by atoms with van der Waals surface area (Å²) in [5.74, 6) is 0. The summed E-state index contributed by atoms with van der Waals surface area (Å²) in [6.07, 6.45) is -4.11. The van der Waals surface area contributed by atoms with E-state index in [1.54, 1.807) is 0 Å². The third-order valence-corrected chi connectivity index (χ3v) is 1.44. The Morgan fingerprint density at radius 3 is 2.23 bits per heavy atom. The smallest absolute Gasteiger partial charge is 0.355 e. The van der Waals surface area contributed by atoms with Gasteiger partial charge in [-0.25, -0.2) is 0 Å². The van der Waals surface area contributed by atoms with Gasteiger partial charge < -0.3 is 4.74 Å². The highest BCUT2D eigenvalue weighted by Gasteiger charge is 2.41. The van der Waals surface area contributed by atoms with E-state index in [-0.39, 0.29) is 5.56 Å². The molecule has 2 nitrogen and oxygen atoms in total. The number of rotatable bonds is 2. The van der Waals surface area contributed by atoms with Crippen LogP contribution in [-0.2, 0) is 4.74 Å². The van der Waals surface area contributed by atoms with Crippen molar-refractivity contribution in [1.82, 2.24) is 4.98 Å². The minimum Gasteiger partial charge on any atom is -0.355 e. The van der Waals surface area contributed by atoms with E-state index in [2.05, 4.69) is 16.8 Å². The van der Waals surface area contributed by atoms with Crippen LogP contribution in [0.15, 0.2) is 24.5 Å². The molecule has 70 valence electrons. The fraction of sp³-hybridized carbons (Fsp3) is 0.250. The van der Waals surface area contributed by atoms with E-state index in [0.717, 1.165) is 0 Å². The quantitative estimate of drug-likeness (QED) is 0.712. The number of halogens is 3. The minimum atomic E-state index is -4.50. The Morgan fingerprint density at radius 1 is 1.31 bits per heavy atom. The summed E-state index contributed by atoms with van der Waals surface area (Å²) < 4.78 is 40.4. The first-order valence-corrected chi connectivity index (χ1v) is 3.38. The third kappa shape index (κ3) is 2.42. The van der Waals surface area contributed by atoms with Crippen LogP contribution in [0.1, 0.15) is 11.7 Å². The fourth-order valence-electron chi connectivity index (χ4n) is 0.883. The molecule has 0 spiro atoms. The Hall–Kier alpha value is -1.10. The van der Waals surface area contributed by atoms with Gasteiger partial charge in [0.25, 0.3) is 0 Å². The molecule has 1 atom stereocenters. The van der Waals surface area contributed by atoms with Gasteiger partial charge in [0.1, 0.15) is 7.11 Å². The summed E-state index contributed by atoms with van der Waals surface area (Å²) in [5.41, 5.74) is -0.0648. The molecule has 1 unspecified atom stereocenters. The lowest BCUT2D eigenvalue weighted by molar-refractivity contribution is -0.209. The average Bonchev–Trinajstić information content (AvgIpc) is 2.05. The van der Waals surface area contributed by atoms with E-state index in [1.165, 1.54) is 24.5 Å². The van der Waals surface area contributed by atoms with Crippen LogP contribution in [0.5, 0.6) is 0 Å². The molecule has 0 saturated carbocycles. The zero-order chi connectivity index (χ0) is 9.90. The summed E-state index contributed by atoms with van der Waals surface area (Å²) in [6, 6.07) is 2.40. The Balaban J connectivity index is 2.92. The first kappa shape index (κ1) is 9.98. The monoisotopic (exact) mass is 189 g/mol. The zero-order valence-corrected chi connectivity index (χ0v) is 6.45. The molecule has 0 aliphatic rings. The van der Waals surface area contributed by atoms with Gasteiger partial charge >= 0.3 is 6.18 Å². The number of aromatic nitrogens is 1. The normalized spacial score (nSPS) is 14.2. The number of hydrogen-bond donors (Lipinski definition) is 0. The molecule has 1 rings (SSSR count). The first-order chi connectivity index (χ1) is 6.05. The van der Waals surface area contributed by atoms with Crippen LogP contribution in [-0.4, -0.2) is 11.2 Å². The predicted octanol–water partition coefficient (Wildman–Crippen LogP) is 2.37. The fourth-order valence-corrected chi connectivity index (χ4v) is 0.883. The second-order valence-corrected chi connectivity index (χ2v) is 2.34. The minimum absolute atomic E-state index is 0.0648. The Morgan fingerprint density at radius 2 is 1.85 bits per heavy atom. The van der Waals surface area contributed by atoms with E-state index < -0.39 is 12.3 Å². The second-order valence-electron chi connectivity index (χ2n) is 2.34. The van der Waals surface area contributed by atoms with Crippen molar-refractivity contribution in [1.29, 1.82) is 0 Å². The van der Waals surface area contributed by atoms with Crippen molar-refractivity contribution in [2.45, 2.75) is 12.3 Å². The Kier molecular flexibility index (Phi) is 2.87. The molecular weight excluding hydrogens is 183 g/mol. The molecule has 13 heavy (non-hydrogen) atoms. The topological polar surface area (TPSA) is 22.1 Å². The molecule has 0 aromatic carbocycles. The van der Waals surface area contributed by atoms with Crippen molar-refractivity contribution in [3.05, 3.63) is 37.2 Å². The number of pyridine rings is 1. The van der Waals surface area contributed by atoms with E-state index >= 15 is 0 Å². The molecule has 0 fully saturated rings. The molecule has 0 amide bonds. The van der Waals surface area contributed by atoms with E-state index in [4.69, 9.17) is 0 Å². The Bertz CT molecular complexity index is 260. The van der Waals surface area contributed by atoms with Gasteiger partial charge in [0, 0.05) is 12.4 Å². The van der Waals surface area contributed by atoms with Crippen molar-refractivity contribution < 1.29 is 17.9 Å². The molecule has 0 N–H and O–H groups in total. The predicted molar refractivity (Wildman–Crippen MR) is 38.4 cm³/mol. The van der Waals surface area contributed by atoms with Crippen molar-refractivity contribution in [3.8, 4) is 0 Å². The molecule has 1 aromatic heterocycles. The summed E-state index contributed by atoms with van der Waals surface area (Å²) in [5, 5.41) is 0. The molecule has 0 aliphatic carbocycles. The van der Waals surface area contributed by atoms with Crippen LogP contribution in [0.3, 0.4) is 0 Å². The first-order valence-electron chi connectivity index (χ1n) is 3.38. The molecule has 2 radical (unpaired) electrons. The van der Waals surface area contributed by atoms with Crippen LogP contribution < -0.4 is 0 Å². The molecular formula is C8H6F3NO. The number of hydrogen-bond acceptors (Lipinski definition) is 2. The Labute approximate surface area is 73.4 Å². The highest BCUT2D eigenvalue weighted by Crippen LogP contribution is 2.34. The van der Waals surface area contributed by atoms with Gasteiger partial charge in [0.15, 0.2) is 6.10 Å². The summed E-state index contributed by atoms with van der Waals surface area (Å²) in [7, 11) is 4.55. The summed E-state index contributed by atoms with van der Waals surface area (Å²) >= 11 is 0. The van der Waals surface area contributed by atoms with Gasteiger partial charge in [0.2, 0.25) is 0 Å². The highest BCUT2D eigenvalue weighted by atomic mass is 19.4. The number of nitrogens with zero attached hydrogens (tertiary/aromatic N) is 1. The number of alkyl halides is 3. The summed E-state index contributed by atoms with van der Waals surface area (Å²) in [6.45, 7) is 0. The van der Waals surface area contributed by atoms with E-state index in [0.29, 0.717) is 0 Å². The standard InChI is InChI=1S/C8H6F3NO/c1-13-7(8(9,10)11)6-2-4-12-5-3-6/h1-5,7H. The highest BCUT2D eigenvalue weighted by molar-refractivity contribution is 5.14. The van der Waals surface area contributed by atoms with Gasteiger partial charge in [0.05, 0.1) is 0 Å². The van der Waals surface area contributed by atoms with Gasteiger partial charge in [-0.15, -0.1) is 0 Å². The van der Waals surface area contributed by atoms with Gasteiger partial charge in [-0.2, -0.15) is 13.2 Å². The van der Waals surface area contributed by atoms with Crippen molar-refractivity contribution in [3.63, 3.8) is 0 Å². The van der Waals surface area contributed by atoms with Crippen LogP contribution in [0, 0.1) is 7.11 Å². The average molecular weight is 189 g/mol. The largest absolute Gasteiger partial charge is 0.418 e. The van der Waals surface area contributed by atoms with Gasteiger partial charge in [-0.3, -0.25) is 4.98 Å². The maximum Gasteiger partial charge on any atom is 0.418 e. The number of ether oxygens (including phenoxy) is 1. The summed E-state index contributed by atoms with van der Waals surface area (Å²) in [4.78, 5) is 3.58. The molecule has 0 bridgehead atoms. The third-order valence-electron chi connectivity index (χ3n) is 1.44. The lowest BCUT2D eigenvalue weighted by atomic mass is 10.1. The lowest BCUT2D eigenvalue weighted by Crippen LogP contribution is -2.21. The van der Waals surface area contributed by atoms with Crippen LogP contribution in [0.4, 0.5) is 13.2 Å². The zero-order valence-electron chi connectivity index (χ0n) is 6.45. The van der Waals surface area contributed by atoms with Gasteiger partial charge in [-0.05, 0) is 17.7 Å². The van der Waals surface area contributed by atoms with Crippen molar-refractivity contribution in [2.24, 2.45) is 0 Å². The SMILES string of the molecule is [CH]OC(c1ccncc1)C(F)(F)F.